The molecule has 0 spiro atoms. The number of H-pyrrole nitrogens is 1. The fourth-order valence-corrected chi connectivity index (χ4v) is 2.09. The van der Waals surface area contributed by atoms with Crippen LogP contribution in [0.4, 0.5) is 0 Å². The molecule has 4 heteroatoms. The van der Waals surface area contributed by atoms with E-state index in [1.807, 2.05) is 0 Å². The Bertz CT molecular complexity index is 405. The average molecular weight is 223 g/mol. The van der Waals surface area contributed by atoms with Crippen molar-refractivity contribution in [2.45, 2.75) is 51.6 Å². The second-order valence-electron chi connectivity index (χ2n) is 5.66. The van der Waals surface area contributed by atoms with Gasteiger partial charge >= 0.3 is 0 Å². The molecule has 0 unspecified atom stereocenters. The number of nitrogens with zero attached hydrogens (tertiary/aromatic N) is 1. The Morgan fingerprint density at radius 3 is 2.75 bits per heavy atom. The highest BCUT2D eigenvalue weighted by Crippen LogP contribution is 2.18. The zero-order valence-corrected chi connectivity index (χ0v) is 10.3. The lowest BCUT2D eigenvalue weighted by atomic mass is 9.93. The number of hydrogen-bond donors (Lipinski definition) is 2. The summed E-state index contributed by atoms with van der Waals surface area (Å²) in [6.07, 6.45) is 2.38. The highest BCUT2D eigenvalue weighted by molar-refractivity contribution is 5.10. The normalized spacial score (nSPS) is 21.6. The maximum Gasteiger partial charge on any atom is 0.266 e. The van der Waals surface area contributed by atoms with Crippen molar-refractivity contribution < 1.29 is 0 Å². The number of nitrogens with one attached hydrogen (secondary N) is 2. The number of aromatic nitrogens is 2. The summed E-state index contributed by atoms with van der Waals surface area (Å²) in [6, 6.07) is 2.17. The van der Waals surface area contributed by atoms with Crippen LogP contribution in [-0.2, 0) is 12.0 Å². The summed E-state index contributed by atoms with van der Waals surface area (Å²) < 4.78 is 1.73. The van der Waals surface area contributed by atoms with E-state index in [1.165, 1.54) is 6.42 Å². The molecule has 2 rings (SSSR count). The van der Waals surface area contributed by atoms with E-state index in [9.17, 15) is 4.79 Å². The molecule has 0 radical (unpaired) electrons. The molecule has 2 heterocycles. The Hall–Kier alpha value is -1.03. The Balaban J connectivity index is 2.15. The minimum Gasteiger partial charge on any atom is -0.312 e. The zero-order chi connectivity index (χ0) is 11.8. The van der Waals surface area contributed by atoms with E-state index in [2.05, 4.69) is 31.2 Å². The molecule has 0 amide bonds. The Kier molecular flexibility index (Phi) is 2.93. The monoisotopic (exact) mass is 223 g/mol. The van der Waals surface area contributed by atoms with Crippen molar-refractivity contribution in [3.8, 4) is 0 Å². The highest BCUT2D eigenvalue weighted by atomic mass is 16.1. The summed E-state index contributed by atoms with van der Waals surface area (Å²) in [5, 5.41) is 6.61. The third-order valence-electron chi connectivity index (χ3n) is 3.16. The van der Waals surface area contributed by atoms with Crippen LogP contribution in [0.1, 0.15) is 39.3 Å². The third kappa shape index (κ3) is 2.38. The molecule has 1 aromatic heterocycles. The molecule has 2 N–H and O–H groups in total. The Morgan fingerprint density at radius 1 is 1.50 bits per heavy atom. The summed E-state index contributed by atoms with van der Waals surface area (Å²) in [4.78, 5) is 11.8. The molecule has 1 fully saturated rings. The van der Waals surface area contributed by atoms with E-state index in [-0.39, 0.29) is 11.0 Å². The van der Waals surface area contributed by atoms with Gasteiger partial charge in [-0.05, 0) is 19.4 Å². The van der Waals surface area contributed by atoms with Gasteiger partial charge in [0.25, 0.3) is 5.56 Å². The molecule has 0 aliphatic carbocycles. The van der Waals surface area contributed by atoms with Crippen molar-refractivity contribution in [1.82, 2.24) is 15.1 Å². The first-order chi connectivity index (χ1) is 7.47. The number of aromatic amines is 1. The van der Waals surface area contributed by atoms with Gasteiger partial charge in [-0.3, -0.25) is 14.6 Å². The van der Waals surface area contributed by atoms with Gasteiger partial charge in [-0.2, -0.15) is 0 Å². The Morgan fingerprint density at radius 2 is 2.25 bits per heavy atom. The van der Waals surface area contributed by atoms with E-state index >= 15 is 0 Å². The van der Waals surface area contributed by atoms with Gasteiger partial charge in [-0.1, -0.05) is 20.8 Å². The first-order valence-electron chi connectivity index (χ1n) is 6.00. The summed E-state index contributed by atoms with van der Waals surface area (Å²) >= 11 is 0. The van der Waals surface area contributed by atoms with E-state index in [0.717, 1.165) is 25.2 Å². The maximum atomic E-state index is 11.8. The van der Waals surface area contributed by atoms with Crippen molar-refractivity contribution in [3.63, 3.8) is 0 Å². The number of rotatable bonds is 2. The number of hydrogen-bond acceptors (Lipinski definition) is 2. The van der Waals surface area contributed by atoms with Crippen molar-refractivity contribution in [2.24, 2.45) is 0 Å². The quantitative estimate of drug-likeness (QED) is 0.792. The lowest BCUT2D eigenvalue weighted by molar-refractivity contribution is 0.454. The molecular weight excluding hydrogens is 202 g/mol. The summed E-state index contributed by atoms with van der Waals surface area (Å²) in [5.74, 6) is 0. The van der Waals surface area contributed by atoms with Gasteiger partial charge in [-0.25, -0.2) is 0 Å². The van der Waals surface area contributed by atoms with Gasteiger partial charge < -0.3 is 5.32 Å². The van der Waals surface area contributed by atoms with Crippen LogP contribution in [0.5, 0.6) is 0 Å². The predicted octanol–water partition coefficient (Wildman–Crippen LogP) is 1.23. The van der Waals surface area contributed by atoms with Gasteiger partial charge in [0.15, 0.2) is 0 Å². The van der Waals surface area contributed by atoms with E-state index in [1.54, 1.807) is 10.7 Å². The van der Waals surface area contributed by atoms with Crippen molar-refractivity contribution in [3.05, 3.63) is 22.1 Å². The van der Waals surface area contributed by atoms with Crippen LogP contribution in [0.15, 0.2) is 10.9 Å². The lowest BCUT2D eigenvalue weighted by Crippen LogP contribution is -2.31. The summed E-state index contributed by atoms with van der Waals surface area (Å²) in [6.45, 7) is 8.16. The van der Waals surface area contributed by atoms with Gasteiger partial charge in [0, 0.05) is 23.2 Å². The van der Waals surface area contributed by atoms with Crippen LogP contribution in [0, 0.1) is 0 Å². The first kappa shape index (κ1) is 11.5. The molecule has 1 saturated heterocycles. The predicted molar refractivity (Wildman–Crippen MR) is 64.8 cm³/mol. The standard InChI is InChI=1S/C12H21N3O/c1-12(2,3)10-7-11(16)15(14-10)8-9-5-4-6-13-9/h7,9,13-14H,4-6,8H2,1-3H3/t9-/m1/s1. The fourth-order valence-electron chi connectivity index (χ4n) is 2.09. The van der Waals surface area contributed by atoms with Crippen LogP contribution in [0.2, 0.25) is 0 Å². The van der Waals surface area contributed by atoms with Crippen LogP contribution < -0.4 is 10.9 Å². The molecule has 0 saturated carbocycles. The molecule has 0 bridgehead atoms. The van der Waals surface area contributed by atoms with Crippen LogP contribution in [-0.4, -0.2) is 22.4 Å². The van der Waals surface area contributed by atoms with Gasteiger partial charge in [-0.15, -0.1) is 0 Å². The largest absolute Gasteiger partial charge is 0.312 e. The molecule has 4 nitrogen and oxygen atoms in total. The maximum absolute atomic E-state index is 11.8. The van der Waals surface area contributed by atoms with Crippen LogP contribution in [0.3, 0.4) is 0 Å². The molecule has 16 heavy (non-hydrogen) atoms. The first-order valence-corrected chi connectivity index (χ1v) is 6.00. The second-order valence-corrected chi connectivity index (χ2v) is 5.66. The molecule has 1 aromatic rings. The van der Waals surface area contributed by atoms with Crippen molar-refractivity contribution in [2.75, 3.05) is 6.54 Å². The smallest absolute Gasteiger partial charge is 0.266 e. The Labute approximate surface area is 96.0 Å². The summed E-state index contributed by atoms with van der Waals surface area (Å²) in [5.41, 5.74) is 1.10. The molecule has 90 valence electrons. The van der Waals surface area contributed by atoms with Crippen molar-refractivity contribution >= 4 is 0 Å². The minimum atomic E-state index is 0.00745. The van der Waals surface area contributed by atoms with Gasteiger partial charge in [0.1, 0.15) is 0 Å². The SMILES string of the molecule is CC(C)(C)c1cc(=O)n(C[C@H]2CCCN2)[nH]1. The average Bonchev–Trinajstić information content (AvgIpc) is 2.76. The summed E-state index contributed by atoms with van der Waals surface area (Å²) in [7, 11) is 0. The highest BCUT2D eigenvalue weighted by Gasteiger charge is 2.20. The molecule has 0 aromatic carbocycles. The third-order valence-corrected chi connectivity index (χ3v) is 3.16. The van der Waals surface area contributed by atoms with Gasteiger partial charge in [0.2, 0.25) is 0 Å². The molecule has 1 aliphatic rings. The zero-order valence-electron chi connectivity index (χ0n) is 10.3. The van der Waals surface area contributed by atoms with Crippen LogP contribution in [0.25, 0.3) is 0 Å². The lowest BCUT2D eigenvalue weighted by Gasteiger charge is -2.16. The fraction of sp³-hybridized carbons (Fsp3) is 0.750. The van der Waals surface area contributed by atoms with E-state index in [4.69, 9.17) is 0 Å². The van der Waals surface area contributed by atoms with E-state index in [0.29, 0.717) is 6.04 Å². The van der Waals surface area contributed by atoms with Gasteiger partial charge in [0.05, 0.1) is 6.54 Å². The second kappa shape index (κ2) is 4.09. The van der Waals surface area contributed by atoms with Crippen LogP contribution >= 0.6 is 0 Å². The van der Waals surface area contributed by atoms with E-state index < -0.39 is 0 Å². The molecule has 1 aliphatic heterocycles. The van der Waals surface area contributed by atoms with Crippen molar-refractivity contribution in [1.29, 1.82) is 0 Å². The molecular formula is C12H21N3O. The minimum absolute atomic E-state index is 0.00745. The molecule has 1 atom stereocenters. The topological polar surface area (TPSA) is 49.8 Å².